The van der Waals surface area contributed by atoms with E-state index in [4.69, 9.17) is 34.8 Å². The Balaban J connectivity index is 1.67. The number of benzene rings is 2. The van der Waals surface area contributed by atoms with Gasteiger partial charge >= 0.3 is 6.03 Å². The zero-order chi connectivity index (χ0) is 22.8. The summed E-state index contributed by atoms with van der Waals surface area (Å²) in [6, 6.07) is 12.3. The number of carbonyl (C=O) groups excluding carboxylic acids is 1. The summed E-state index contributed by atoms with van der Waals surface area (Å²) in [5.41, 5.74) is 6.02. The molecule has 32 heavy (non-hydrogen) atoms. The van der Waals surface area contributed by atoms with Crippen molar-refractivity contribution in [3.63, 3.8) is 0 Å². The fourth-order valence-corrected chi connectivity index (χ4v) is 4.20. The summed E-state index contributed by atoms with van der Waals surface area (Å²) in [5, 5.41) is 11.1. The summed E-state index contributed by atoms with van der Waals surface area (Å²) in [7, 11) is 2.06. The first-order chi connectivity index (χ1) is 15.3. The number of carbonyl (C=O) groups is 1. The molecule has 0 atom stereocenters. The van der Waals surface area contributed by atoms with Crippen LogP contribution in [-0.2, 0) is 0 Å². The van der Waals surface area contributed by atoms with Gasteiger partial charge in [0.2, 0.25) is 0 Å². The van der Waals surface area contributed by atoms with Crippen LogP contribution in [0.15, 0.2) is 42.5 Å². The fraction of sp³-hybridized carbons (Fsp3) is 0.273. The number of hydrazine groups is 1. The highest BCUT2D eigenvalue weighted by Gasteiger charge is 2.22. The number of halogens is 3. The summed E-state index contributed by atoms with van der Waals surface area (Å²) >= 11 is 18.6. The van der Waals surface area contributed by atoms with Crippen molar-refractivity contribution in [2.45, 2.75) is 6.92 Å². The Morgan fingerprint density at radius 2 is 1.62 bits per heavy atom. The second-order valence-electron chi connectivity index (χ2n) is 7.69. The third-order valence-electron chi connectivity index (χ3n) is 5.37. The van der Waals surface area contributed by atoms with Crippen LogP contribution in [0.4, 0.5) is 10.6 Å². The molecule has 7 nitrogen and oxygen atoms in total. The minimum absolute atomic E-state index is 0.341. The summed E-state index contributed by atoms with van der Waals surface area (Å²) in [5.74, 6) is 0.438. The zero-order valence-electron chi connectivity index (χ0n) is 17.7. The second-order valence-corrected chi connectivity index (χ2v) is 8.97. The number of piperazine rings is 1. The monoisotopic (exact) mass is 492 g/mol. The van der Waals surface area contributed by atoms with Gasteiger partial charge in [0.1, 0.15) is 0 Å². The van der Waals surface area contributed by atoms with Crippen molar-refractivity contribution in [3.8, 4) is 16.9 Å². The van der Waals surface area contributed by atoms with Crippen LogP contribution in [0.3, 0.4) is 0 Å². The van der Waals surface area contributed by atoms with Crippen LogP contribution < -0.4 is 10.7 Å². The van der Waals surface area contributed by atoms with E-state index in [1.807, 2.05) is 36.2 Å². The molecule has 4 rings (SSSR count). The van der Waals surface area contributed by atoms with Crippen molar-refractivity contribution >= 4 is 46.7 Å². The molecule has 1 fully saturated rings. The smallest absolute Gasteiger partial charge is 0.304 e. The van der Waals surface area contributed by atoms with Crippen LogP contribution in [0.2, 0.25) is 15.1 Å². The van der Waals surface area contributed by atoms with Gasteiger partial charge in [-0.05, 0) is 44.3 Å². The lowest BCUT2D eigenvalue weighted by molar-refractivity contribution is 0.116. The predicted octanol–water partition coefficient (Wildman–Crippen LogP) is 5.09. The molecular weight excluding hydrogens is 471 g/mol. The molecule has 2 heterocycles. The lowest BCUT2D eigenvalue weighted by Crippen LogP contribution is -2.53. The van der Waals surface area contributed by atoms with E-state index < -0.39 is 0 Å². The molecule has 10 heteroatoms. The highest BCUT2D eigenvalue weighted by Crippen LogP contribution is 2.34. The van der Waals surface area contributed by atoms with E-state index in [0.29, 0.717) is 26.6 Å². The molecule has 168 valence electrons. The van der Waals surface area contributed by atoms with E-state index in [1.165, 1.54) is 0 Å². The van der Waals surface area contributed by atoms with E-state index >= 15 is 0 Å². The van der Waals surface area contributed by atoms with Gasteiger partial charge in [-0.25, -0.2) is 14.5 Å². The van der Waals surface area contributed by atoms with Gasteiger partial charge in [-0.2, -0.15) is 0 Å². The highest BCUT2D eigenvalue weighted by atomic mass is 35.5. The van der Waals surface area contributed by atoms with Crippen LogP contribution in [-0.4, -0.2) is 58.9 Å². The van der Waals surface area contributed by atoms with E-state index in [2.05, 4.69) is 27.8 Å². The van der Waals surface area contributed by atoms with Gasteiger partial charge in [-0.15, -0.1) is 5.10 Å². The van der Waals surface area contributed by atoms with Crippen LogP contribution in [0.1, 0.15) is 5.56 Å². The average Bonchev–Trinajstić information content (AvgIpc) is 3.06. The molecule has 2 amide bonds. The first-order valence-electron chi connectivity index (χ1n) is 10.1. The SMILES string of the molecule is Cc1c(NC(=O)NN2CCN(C)CC2)nn(-c2ccc(Cl)cc2Cl)c1-c1ccc(Cl)cc1. The number of anilines is 1. The molecule has 1 saturated heterocycles. The Morgan fingerprint density at radius 1 is 0.969 bits per heavy atom. The Morgan fingerprint density at radius 3 is 2.28 bits per heavy atom. The van der Waals surface area contributed by atoms with E-state index in [9.17, 15) is 4.79 Å². The van der Waals surface area contributed by atoms with Gasteiger partial charge in [0.25, 0.3) is 0 Å². The Bertz CT molecular complexity index is 1120. The van der Waals surface area contributed by atoms with Gasteiger partial charge in [-0.1, -0.05) is 46.9 Å². The van der Waals surface area contributed by atoms with Crippen LogP contribution in [0, 0.1) is 6.92 Å². The van der Waals surface area contributed by atoms with Crippen molar-refractivity contribution in [1.82, 2.24) is 25.1 Å². The van der Waals surface area contributed by atoms with E-state index in [0.717, 1.165) is 43.0 Å². The quantitative estimate of drug-likeness (QED) is 0.531. The number of nitrogens with zero attached hydrogens (tertiary/aromatic N) is 4. The minimum atomic E-state index is -0.341. The number of amides is 2. The molecule has 3 aromatic rings. The highest BCUT2D eigenvalue weighted by molar-refractivity contribution is 6.35. The van der Waals surface area contributed by atoms with Gasteiger partial charge in [0.05, 0.1) is 16.4 Å². The standard InChI is InChI=1S/C22H23Cl3N6O/c1-14-20(15-3-5-16(23)6-4-15)31(19-8-7-17(24)13-18(19)25)27-21(14)26-22(32)28-30-11-9-29(2)10-12-30/h3-8,13H,9-12H2,1-2H3,(H2,26,27,28,32). The molecule has 1 aromatic heterocycles. The second kappa shape index (κ2) is 9.68. The summed E-state index contributed by atoms with van der Waals surface area (Å²) < 4.78 is 1.71. The summed E-state index contributed by atoms with van der Waals surface area (Å²) in [6.45, 7) is 5.21. The molecule has 0 spiro atoms. The van der Waals surface area contributed by atoms with Crippen LogP contribution >= 0.6 is 34.8 Å². The van der Waals surface area contributed by atoms with Gasteiger partial charge in [-0.3, -0.25) is 10.7 Å². The summed E-state index contributed by atoms with van der Waals surface area (Å²) in [4.78, 5) is 14.9. The van der Waals surface area contributed by atoms with Crippen molar-refractivity contribution < 1.29 is 4.79 Å². The normalized spacial score (nSPS) is 15.0. The van der Waals surface area contributed by atoms with Crippen LogP contribution in [0.5, 0.6) is 0 Å². The third-order valence-corrected chi connectivity index (χ3v) is 6.16. The molecule has 0 unspecified atom stereocenters. The van der Waals surface area contributed by atoms with E-state index in [1.54, 1.807) is 22.9 Å². The maximum absolute atomic E-state index is 12.7. The first-order valence-corrected chi connectivity index (χ1v) is 11.3. The topological polar surface area (TPSA) is 65.4 Å². The number of nitrogens with one attached hydrogen (secondary N) is 2. The van der Waals surface area contributed by atoms with Crippen molar-refractivity contribution in [1.29, 1.82) is 0 Å². The molecule has 0 aliphatic carbocycles. The lowest BCUT2D eigenvalue weighted by Gasteiger charge is -2.32. The number of hydrogen-bond donors (Lipinski definition) is 2. The molecule has 1 aliphatic rings. The van der Waals surface area contributed by atoms with Crippen molar-refractivity contribution in [3.05, 3.63) is 63.1 Å². The third kappa shape index (κ3) is 5.03. The summed E-state index contributed by atoms with van der Waals surface area (Å²) in [6.07, 6.45) is 0. The molecule has 0 saturated carbocycles. The number of urea groups is 1. The maximum atomic E-state index is 12.7. The Kier molecular flexibility index (Phi) is 6.93. The molecule has 0 radical (unpaired) electrons. The minimum Gasteiger partial charge on any atom is -0.304 e. The number of rotatable bonds is 4. The van der Waals surface area contributed by atoms with E-state index in [-0.39, 0.29) is 6.03 Å². The van der Waals surface area contributed by atoms with Crippen molar-refractivity contribution in [2.24, 2.45) is 0 Å². The number of hydrogen-bond acceptors (Lipinski definition) is 4. The molecular formula is C22H23Cl3N6O. The zero-order valence-corrected chi connectivity index (χ0v) is 20.0. The Hall–Kier alpha value is -2.29. The van der Waals surface area contributed by atoms with Crippen molar-refractivity contribution in [2.75, 3.05) is 38.5 Å². The number of aromatic nitrogens is 2. The molecule has 2 aromatic carbocycles. The lowest BCUT2D eigenvalue weighted by atomic mass is 10.1. The number of likely N-dealkylation sites (N-methyl/N-ethyl adjacent to an activating group) is 1. The van der Waals surface area contributed by atoms with Gasteiger partial charge in [0, 0.05) is 47.4 Å². The maximum Gasteiger partial charge on any atom is 0.334 e. The largest absolute Gasteiger partial charge is 0.334 e. The fourth-order valence-electron chi connectivity index (χ4n) is 3.59. The van der Waals surface area contributed by atoms with Gasteiger partial charge < -0.3 is 4.90 Å². The average molecular weight is 494 g/mol. The predicted molar refractivity (Wildman–Crippen MR) is 130 cm³/mol. The first kappa shape index (κ1) is 22.9. The Labute approximate surface area is 201 Å². The molecule has 2 N–H and O–H groups in total. The van der Waals surface area contributed by atoms with Gasteiger partial charge in [0.15, 0.2) is 5.82 Å². The molecule has 0 bridgehead atoms. The van der Waals surface area contributed by atoms with Crippen LogP contribution in [0.25, 0.3) is 16.9 Å². The molecule has 1 aliphatic heterocycles.